The fraction of sp³-hybridized carbons (Fsp3) is 0.778. The quantitative estimate of drug-likeness (QED) is 0.494. The monoisotopic (exact) mass is 122 g/mol. The first-order valence-corrected chi connectivity index (χ1v) is 4.10. The summed E-state index contributed by atoms with van der Waals surface area (Å²) in [5, 5.41) is 0. The number of allylic oxidation sites excluding steroid dienone is 2. The molecule has 0 spiro atoms. The maximum atomic E-state index is 2.44. The van der Waals surface area contributed by atoms with Gasteiger partial charge in [-0.1, -0.05) is 31.4 Å². The van der Waals surface area contributed by atoms with Crippen molar-refractivity contribution in [3.8, 4) is 0 Å². The van der Waals surface area contributed by atoms with Gasteiger partial charge in [0.2, 0.25) is 0 Å². The Hall–Kier alpha value is -0.260. The molecule has 1 saturated carbocycles. The molecule has 0 aromatic rings. The van der Waals surface area contributed by atoms with Crippen molar-refractivity contribution in [2.45, 2.75) is 32.6 Å². The Bertz CT molecular complexity index is 144. The molecule has 0 nitrogen and oxygen atoms in total. The minimum Gasteiger partial charge on any atom is -0.0775 e. The van der Waals surface area contributed by atoms with Gasteiger partial charge in [0, 0.05) is 0 Å². The summed E-state index contributed by atoms with van der Waals surface area (Å²) < 4.78 is 0. The summed E-state index contributed by atoms with van der Waals surface area (Å²) in [6.45, 7) is 2.29. The van der Waals surface area contributed by atoms with Crippen LogP contribution in [0.15, 0.2) is 11.6 Å². The molecule has 0 bridgehead atoms. The summed E-state index contributed by atoms with van der Waals surface area (Å²) >= 11 is 0. The largest absolute Gasteiger partial charge is 0.0775 e. The summed E-state index contributed by atoms with van der Waals surface area (Å²) in [6, 6.07) is 0. The molecule has 0 N–H and O–H groups in total. The Balaban J connectivity index is 1.82. The van der Waals surface area contributed by atoms with Gasteiger partial charge < -0.3 is 0 Å². The highest BCUT2D eigenvalue weighted by atomic mass is 14.4. The highest BCUT2D eigenvalue weighted by Crippen LogP contribution is 2.48. The molecule has 50 valence electrons. The van der Waals surface area contributed by atoms with E-state index in [2.05, 4.69) is 13.0 Å². The number of fused-ring (bicyclic) bond motifs is 1. The van der Waals surface area contributed by atoms with Crippen molar-refractivity contribution >= 4 is 0 Å². The molecule has 9 heavy (non-hydrogen) atoms. The van der Waals surface area contributed by atoms with Crippen molar-refractivity contribution in [3.63, 3.8) is 0 Å². The van der Waals surface area contributed by atoms with Crippen LogP contribution < -0.4 is 0 Å². The zero-order chi connectivity index (χ0) is 6.27. The van der Waals surface area contributed by atoms with E-state index in [1.165, 1.54) is 25.7 Å². The Morgan fingerprint density at radius 3 is 3.11 bits per heavy atom. The van der Waals surface area contributed by atoms with E-state index in [0.717, 1.165) is 11.8 Å². The van der Waals surface area contributed by atoms with E-state index in [9.17, 15) is 0 Å². The van der Waals surface area contributed by atoms with Crippen LogP contribution in [0.1, 0.15) is 32.6 Å². The minimum atomic E-state index is 0.988. The molecule has 0 radical (unpaired) electrons. The lowest BCUT2D eigenvalue weighted by molar-refractivity contribution is 0.482. The van der Waals surface area contributed by atoms with Crippen molar-refractivity contribution in [1.82, 2.24) is 0 Å². The molecule has 2 unspecified atom stereocenters. The average molecular weight is 122 g/mol. The standard InChI is InChI=1S/C9H14/c1-2-3-7-4-8-6-9(8)5-7/h6-8H,2-5H2,1H3. The predicted octanol–water partition coefficient (Wildman–Crippen LogP) is 2.75. The first kappa shape index (κ1) is 5.52. The van der Waals surface area contributed by atoms with Crippen LogP contribution in [0.2, 0.25) is 0 Å². The van der Waals surface area contributed by atoms with Gasteiger partial charge >= 0.3 is 0 Å². The van der Waals surface area contributed by atoms with Crippen LogP contribution in [0, 0.1) is 11.8 Å². The molecule has 2 aliphatic rings. The lowest BCUT2D eigenvalue weighted by atomic mass is 10.00. The number of hydrogen-bond acceptors (Lipinski definition) is 0. The minimum absolute atomic E-state index is 0.988. The maximum absolute atomic E-state index is 2.44. The number of rotatable bonds is 2. The molecule has 0 amide bonds. The Morgan fingerprint density at radius 2 is 2.56 bits per heavy atom. The van der Waals surface area contributed by atoms with E-state index >= 15 is 0 Å². The normalized spacial score (nSPS) is 38.1. The molecule has 0 aromatic carbocycles. The van der Waals surface area contributed by atoms with Crippen molar-refractivity contribution in [2.75, 3.05) is 0 Å². The van der Waals surface area contributed by atoms with Crippen LogP contribution in [0.4, 0.5) is 0 Å². The molecule has 1 fully saturated rings. The summed E-state index contributed by atoms with van der Waals surface area (Å²) in [6.07, 6.45) is 8.21. The highest BCUT2D eigenvalue weighted by Gasteiger charge is 2.35. The van der Waals surface area contributed by atoms with Gasteiger partial charge in [0.1, 0.15) is 0 Å². The van der Waals surface area contributed by atoms with Gasteiger partial charge in [0.05, 0.1) is 0 Å². The van der Waals surface area contributed by atoms with E-state index in [1.807, 2.05) is 0 Å². The molecular formula is C9H14. The Labute approximate surface area is 57.0 Å². The van der Waals surface area contributed by atoms with Crippen LogP contribution >= 0.6 is 0 Å². The van der Waals surface area contributed by atoms with E-state index in [-0.39, 0.29) is 0 Å². The third-order valence-electron chi connectivity index (χ3n) is 2.59. The van der Waals surface area contributed by atoms with Crippen LogP contribution in [0.25, 0.3) is 0 Å². The van der Waals surface area contributed by atoms with E-state index in [4.69, 9.17) is 0 Å². The van der Waals surface area contributed by atoms with Gasteiger partial charge in [0.15, 0.2) is 0 Å². The average Bonchev–Trinajstić information content (AvgIpc) is 2.42. The van der Waals surface area contributed by atoms with Gasteiger partial charge in [-0.05, 0) is 24.7 Å². The van der Waals surface area contributed by atoms with Crippen molar-refractivity contribution in [3.05, 3.63) is 11.6 Å². The highest BCUT2D eigenvalue weighted by molar-refractivity contribution is 5.33. The van der Waals surface area contributed by atoms with E-state index in [0.29, 0.717) is 0 Å². The third kappa shape index (κ3) is 0.910. The summed E-state index contributed by atoms with van der Waals surface area (Å²) in [5.41, 5.74) is 1.77. The predicted molar refractivity (Wildman–Crippen MR) is 39.2 cm³/mol. The van der Waals surface area contributed by atoms with Gasteiger partial charge in [-0.3, -0.25) is 0 Å². The first-order valence-electron chi connectivity index (χ1n) is 4.10. The fourth-order valence-corrected chi connectivity index (χ4v) is 2.05. The van der Waals surface area contributed by atoms with Crippen LogP contribution in [-0.2, 0) is 0 Å². The summed E-state index contributed by atoms with van der Waals surface area (Å²) in [7, 11) is 0. The SMILES string of the molecule is CCCC1CC2=CC2C1. The van der Waals surface area contributed by atoms with Gasteiger partial charge in [-0.25, -0.2) is 0 Å². The molecule has 2 aliphatic carbocycles. The zero-order valence-electron chi connectivity index (χ0n) is 6.06. The third-order valence-corrected chi connectivity index (χ3v) is 2.59. The maximum Gasteiger partial charge on any atom is -0.00173 e. The molecule has 0 aromatic heterocycles. The van der Waals surface area contributed by atoms with Gasteiger partial charge in [-0.2, -0.15) is 0 Å². The molecule has 0 heteroatoms. The van der Waals surface area contributed by atoms with Crippen LogP contribution in [0.5, 0.6) is 0 Å². The lowest BCUT2D eigenvalue weighted by Crippen LogP contribution is -1.93. The molecule has 0 saturated heterocycles. The number of hydrogen-bond donors (Lipinski definition) is 0. The first-order chi connectivity index (χ1) is 4.40. The Kier molecular flexibility index (Phi) is 1.14. The van der Waals surface area contributed by atoms with E-state index in [1.54, 1.807) is 5.57 Å². The zero-order valence-corrected chi connectivity index (χ0v) is 6.06. The molecule has 0 heterocycles. The topological polar surface area (TPSA) is 0 Å². The second kappa shape index (κ2) is 1.86. The summed E-state index contributed by atoms with van der Waals surface area (Å²) in [4.78, 5) is 0. The summed E-state index contributed by atoms with van der Waals surface area (Å²) in [5.74, 6) is 2.06. The molecule has 0 aliphatic heterocycles. The molecular weight excluding hydrogens is 108 g/mol. The fourth-order valence-electron chi connectivity index (χ4n) is 2.05. The van der Waals surface area contributed by atoms with Crippen LogP contribution in [-0.4, -0.2) is 0 Å². The molecule has 2 rings (SSSR count). The van der Waals surface area contributed by atoms with Gasteiger partial charge in [0.25, 0.3) is 0 Å². The van der Waals surface area contributed by atoms with Gasteiger partial charge in [-0.15, -0.1) is 0 Å². The van der Waals surface area contributed by atoms with Crippen LogP contribution in [0.3, 0.4) is 0 Å². The van der Waals surface area contributed by atoms with Crippen molar-refractivity contribution in [1.29, 1.82) is 0 Å². The smallest absolute Gasteiger partial charge is 0.00173 e. The van der Waals surface area contributed by atoms with E-state index < -0.39 is 0 Å². The van der Waals surface area contributed by atoms with Crippen molar-refractivity contribution in [2.24, 2.45) is 11.8 Å². The second-order valence-electron chi connectivity index (χ2n) is 3.44. The molecule has 2 atom stereocenters. The van der Waals surface area contributed by atoms with Crippen molar-refractivity contribution < 1.29 is 0 Å². The lowest BCUT2D eigenvalue weighted by Gasteiger charge is -2.05. The Morgan fingerprint density at radius 1 is 1.67 bits per heavy atom. The second-order valence-corrected chi connectivity index (χ2v) is 3.44.